The van der Waals surface area contributed by atoms with Crippen molar-refractivity contribution in [1.82, 2.24) is 9.88 Å². The van der Waals surface area contributed by atoms with E-state index in [9.17, 15) is 0 Å². The Bertz CT molecular complexity index is 442. The summed E-state index contributed by atoms with van der Waals surface area (Å²) in [6.45, 7) is 17.1. The molecule has 2 heterocycles. The van der Waals surface area contributed by atoms with E-state index >= 15 is 0 Å². The van der Waals surface area contributed by atoms with Crippen LogP contribution in [0.1, 0.15) is 6.42 Å². The van der Waals surface area contributed by atoms with Crippen LogP contribution in [-0.2, 0) is 0 Å². The Morgan fingerprint density at radius 3 is 2.63 bits per heavy atom. The molecule has 0 spiro atoms. The minimum Gasteiger partial charge on any atom is -0.346 e. The number of piperazine rings is 1. The van der Waals surface area contributed by atoms with E-state index in [4.69, 9.17) is 0 Å². The van der Waals surface area contributed by atoms with Gasteiger partial charge in [-0.3, -0.25) is 4.90 Å². The molecule has 1 aromatic rings. The van der Waals surface area contributed by atoms with Crippen LogP contribution in [0.3, 0.4) is 0 Å². The van der Waals surface area contributed by atoms with Crippen molar-refractivity contribution >= 4 is 16.5 Å². The van der Waals surface area contributed by atoms with E-state index in [1.165, 1.54) is 0 Å². The summed E-state index contributed by atoms with van der Waals surface area (Å²) in [6, 6.07) is 0. The molecule has 1 fully saturated rings. The predicted octanol–water partition coefficient (Wildman–Crippen LogP) is 2.95. The minimum absolute atomic E-state index is 0.960. The highest BCUT2D eigenvalue weighted by Gasteiger charge is 2.18. The van der Waals surface area contributed by atoms with Gasteiger partial charge in [-0.15, -0.1) is 11.3 Å². The smallest absolute Gasteiger partial charge is 0.185 e. The molecule has 0 N–H and O–H groups in total. The van der Waals surface area contributed by atoms with E-state index in [1.54, 1.807) is 17.4 Å². The van der Waals surface area contributed by atoms with E-state index in [-0.39, 0.29) is 0 Å². The molecule has 102 valence electrons. The van der Waals surface area contributed by atoms with Gasteiger partial charge in [0.05, 0.1) is 0 Å². The van der Waals surface area contributed by atoms with E-state index in [0.29, 0.717) is 0 Å². The summed E-state index contributed by atoms with van der Waals surface area (Å²) in [4.78, 5) is 9.20. The van der Waals surface area contributed by atoms with E-state index in [0.717, 1.165) is 55.4 Å². The van der Waals surface area contributed by atoms with E-state index in [2.05, 4.69) is 34.5 Å². The van der Waals surface area contributed by atoms with Crippen LogP contribution in [-0.4, -0.2) is 42.6 Å². The molecule has 1 saturated heterocycles. The van der Waals surface area contributed by atoms with E-state index < -0.39 is 0 Å². The average molecular weight is 275 g/mol. The lowest BCUT2D eigenvalue weighted by Gasteiger charge is -2.34. The maximum Gasteiger partial charge on any atom is 0.185 e. The molecule has 0 atom stereocenters. The van der Waals surface area contributed by atoms with Crippen LogP contribution in [0.25, 0.3) is 0 Å². The summed E-state index contributed by atoms with van der Waals surface area (Å²) in [5.74, 6) is 0. The fraction of sp³-hybridized carbons (Fsp3) is 0.400. The molecular formula is C15H21N3S. The normalized spacial score (nSPS) is 16.3. The maximum absolute atomic E-state index is 4.36. The molecule has 1 aromatic heterocycles. The number of rotatable bonds is 6. The van der Waals surface area contributed by atoms with Gasteiger partial charge in [-0.05, 0) is 17.6 Å². The fourth-order valence-electron chi connectivity index (χ4n) is 2.13. The van der Waals surface area contributed by atoms with Crippen molar-refractivity contribution in [2.45, 2.75) is 6.42 Å². The third-order valence-electron chi connectivity index (χ3n) is 3.49. The summed E-state index contributed by atoms with van der Waals surface area (Å²) >= 11 is 1.72. The molecule has 0 bridgehead atoms. The van der Waals surface area contributed by atoms with Gasteiger partial charge in [0.15, 0.2) is 5.13 Å². The Morgan fingerprint density at radius 2 is 2.05 bits per heavy atom. The van der Waals surface area contributed by atoms with Crippen LogP contribution in [0.5, 0.6) is 0 Å². The first-order valence-corrected chi connectivity index (χ1v) is 7.45. The zero-order valence-corrected chi connectivity index (χ0v) is 12.2. The number of anilines is 1. The van der Waals surface area contributed by atoms with Crippen LogP contribution in [0.15, 0.2) is 48.5 Å². The molecule has 0 amide bonds. The molecule has 1 aliphatic rings. The fourth-order valence-corrected chi connectivity index (χ4v) is 2.83. The maximum atomic E-state index is 4.36. The highest BCUT2D eigenvalue weighted by atomic mass is 32.1. The van der Waals surface area contributed by atoms with Gasteiger partial charge in [-0.2, -0.15) is 0 Å². The van der Waals surface area contributed by atoms with Crippen LogP contribution >= 0.6 is 11.3 Å². The molecule has 1 aliphatic heterocycles. The quantitative estimate of drug-likeness (QED) is 0.744. The average Bonchev–Trinajstić information content (AvgIpc) is 2.98. The predicted molar refractivity (Wildman–Crippen MR) is 83.9 cm³/mol. The van der Waals surface area contributed by atoms with Crippen molar-refractivity contribution in [2.75, 3.05) is 37.6 Å². The molecule has 2 rings (SSSR count). The van der Waals surface area contributed by atoms with Crippen molar-refractivity contribution in [3.05, 3.63) is 48.5 Å². The van der Waals surface area contributed by atoms with E-state index in [1.807, 2.05) is 11.6 Å². The second kappa shape index (κ2) is 6.68. The number of hydrogen-bond donors (Lipinski definition) is 0. The SMILES string of the molecule is C=CC(=C)C(=C)CCN1CCN(c2nccs2)CC1. The Kier molecular flexibility index (Phi) is 4.93. The van der Waals surface area contributed by atoms with Gasteiger partial charge in [0.2, 0.25) is 0 Å². The van der Waals surface area contributed by atoms with Gasteiger partial charge in [0.25, 0.3) is 0 Å². The molecule has 3 nitrogen and oxygen atoms in total. The standard InChI is InChI=1S/C15H21N3S/c1-4-13(2)14(3)5-7-17-8-10-18(11-9-17)15-16-6-12-19-15/h4,6,12H,1-3,5,7-11H2. The Balaban J connectivity index is 1.73. The lowest BCUT2D eigenvalue weighted by molar-refractivity contribution is 0.261. The Morgan fingerprint density at radius 1 is 1.32 bits per heavy atom. The Labute approximate surface area is 119 Å². The van der Waals surface area contributed by atoms with Gasteiger partial charge < -0.3 is 4.90 Å². The Hall–Kier alpha value is -1.39. The summed E-state index contributed by atoms with van der Waals surface area (Å²) in [6.07, 6.45) is 4.63. The van der Waals surface area contributed by atoms with Gasteiger partial charge in [-0.1, -0.05) is 25.8 Å². The topological polar surface area (TPSA) is 19.4 Å². The second-order valence-electron chi connectivity index (χ2n) is 4.73. The van der Waals surface area contributed by atoms with Gasteiger partial charge in [0, 0.05) is 44.3 Å². The van der Waals surface area contributed by atoms with Gasteiger partial charge >= 0.3 is 0 Å². The van der Waals surface area contributed by atoms with Crippen LogP contribution < -0.4 is 4.90 Å². The minimum atomic E-state index is 0.960. The second-order valence-corrected chi connectivity index (χ2v) is 5.60. The summed E-state index contributed by atoms with van der Waals surface area (Å²) in [5.41, 5.74) is 2.05. The lowest BCUT2D eigenvalue weighted by Crippen LogP contribution is -2.46. The summed E-state index contributed by atoms with van der Waals surface area (Å²) in [7, 11) is 0. The molecule has 0 radical (unpaired) electrons. The molecule has 0 saturated carbocycles. The van der Waals surface area contributed by atoms with Crippen LogP contribution in [0.2, 0.25) is 0 Å². The molecule has 4 heteroatoms. The van der Waals surface area contributed by atoms with Crippen molar-refractivity contribution in [2.24, 2.45) is 0 Å². The van der Waals surface area contributed by atoms with Gasteiger partial charge in [0.1, 0.15) is 0 Å². The highest BCUT2D eigenvalue weighted by Crippen LogP contribution is 2.19. The number of aromatic nitrogens is 1. The third kappa shape index (κ3) is 3.78. The third-order valence-corrected chi connectivity index (χ3v) is 4.32. The summed E-state index contributed by atoms with van der Waals surface area (Å²) < 4.78 is 0. The molecule has 0 aliphatic carbocycles. The number of hydrogen-bond acceptors (Lipinski definition) is 4. The molecule has 19 heavy (non-hydrogen) atoms. The zero-order valence-electron chi connectivity index (χ0n) is 11.3. The summed E-state index contributed by atoms with van der Waals surface area (Å²) in [5, 5.41) is 3.18. The van der Waals surface area contributed by atoms with Gasteiger partial charge in [-0.25, -0.2) is 4.98 Å². The lowest BCUT2D eigenvalue weighted by atomic mass is 10.1. The number of thiazole rings is 1. The first-order chi connectivity index (χ1) is 9.20. The monoisotopic (exact) mass is 275 g/mol. The first kappa shape index (κ1) is 14.0. The zero-order chi connectivity index (χ0) is 13.7. The van der Waals surface area contributed by atoms with Crippen molar-refractivity contribution in [3.8, 4) is 0 Å². The number of allylic oxidation sites excluding steroid dienone is 2. The van der Waals surface area contributed by atoms with Crippen molar-refractivity contribution < 1.29 is 0 Å². The number of nitrogens with zero attached hydrogens (tertiary/aromatic N) is 3. The molecular weight excluding hydrogens is 254 g/mol. The first-order valence-electron chi connectivity index (χ1n) is 6.57. The van der Waals surface area contributed by atoms with Crippen molar-refractivity contribution in [3.63, 3.8) is 0 Å². The van der Waals surface area contributed by atoms with Crippen molar-refractivity contribution in [1.29, 1.82) is 0 Å². The largest absolute Gasteiger partial charge is 0.346 e. The highest BCUT2D eigenvalue weighted by molar-refractivity contribution is 7.13. The molecule has 0 aromatic carbocycles. The molecule has 0 unspecified atom stereocenters. The van der Waals surface area contributed by atoms with Crippen LogP contribution in [0, 0.1) is 0 Å². The van der Waals surface area contributed by atoms with Crippen LogP contribution in [0.4, 0.5) is 5.13 Å².